The SMILES string of the molecule is CN(c1ccc(N(c2cccc(-c3ccccc3)c2)c2ccc3ccccc3c2)cc1)c1ccc2c3cccc4cccc(c5cccc1c52)c43. The summed E-state index contributed by atoms with van der Waals surface area (Å²) < 4.78 is 0. The molecule has 0 saturated heterocycles. The predicted molar refractivity (Wildman–Crippen MR) is 220 cm³/mol. The molecule has 0 aromatic heterocycles. The maximum atomic E-state index is 2.36. The van der Waals surface area contributed by atoms with Gasteiger partial charge in [-0.05, 0) is 114 Å². The molecule has 0 N–H and O–H groups in total. The number of benzene rings is 10. The number of fused-ring (bicyclic) bond motifs is 3. The topological polar surface area (TPSA) is 6.48 Å². The lowest BCUT2D eigenvalue weighted by atomic mass is 9.89. The molecule has 0 radical (unpaired) electrons. The standard InChI is InChI=1S/C49H34N2/c1-50(47-30-29-45-43-20-9-16-35-15-8-19-42(48(35)43)44-21-10-22-46(47)49(44)45)38-25-27-39(28-26-38)51(41-24-23-34-13-5-6-14-36(34)32-41)40-18-7-17-37(31-40)33-11-3-2-4-12-33/h2-32H,1H3. The van der Waals surface area contributed by atoms with Gasteiger partial charge in [-0.1, -0.05) is 133 Å². The normalized spacial score (nSPS) is 11.6. The van der Waals surface area contributed by atoms with Crippen LogP contribution in [0.15, 0.2) is 188 Å². The molecule has 0 aliphatic rings. The van der Waals surface area contributed by atoms with Crippen LogP contribution in [0.4, 0.5) is 28.4 Å². The summed E-state index contributed by atoms with van der Waals surface area (Å²) in [6, 6.07) is 68.5. The Bertz CT molecular complexity index is 2820. The lowest BCUT2D eigenvalue weighted by Gasteiger charge is -2.28. The van der Waals surface area contributed by atoms with Crippen molar-refractivity contribution in [1.29, 1.82) is 0 Å². The summed E-state index contributed by atoms with van der Waals surface area (Å²) in [7, 11) is 2.18. The van der Waals surface area contributed by atoms with Crippen LogP contribution in [-0.2, 0) is 0 Å². The summed E-state index contributed by atoms with van der Waals surface area (Å²) in [5.41, 5.74) is 8.07. The molecule has 51 heavy (non-hydrogen) atoms. The molecule has 10 aromatic carbocycles. The van der Waals surface area contributed by atoms with Gasteiger partial charge in [-0.25, -0.2) is 0 Å². The summed E-state index contributed by atoms with van der Waals surface area (Å²) in [4.78, 5) is 4.69. The van der Waals surface area contributed by atoms with Crippen molar-refractivity contribution in [2.45, 2.75) is 0 Å². The van der Waals surface area contributed by atoms with Gasteiger partial charge in [-0.3, -0.25) is 0 Å². The lowest BCUT2D eigenvalue weighted by molar-refractivity contribution is 1.21. The molecule has 0 unspecified atom stereocenters. The van der Waals surface area contributed by atoms with E-state index in [1.807, 2.05) is 0 Å². The summed E-state index contributed by atoms with van der Waals surface area (Å²) in [5, 5.41) is 12.9. The van der Waals surface area contributed by atoms with Crippen LogP contribution in [-0.4, -0.2) is 7.05 Å². The first-order valence-corrected chi connectivity index (χ1v) is 17.6. The Kier molecular flexibility index (Phi) is 6.75. The third kappa shape index (κ3) is 4.80. The van der Waals surface area contributed by atoms with Crippen molar-refractivity contribution < 1.29 is 0 Å². The zero-order valence-electron chi connectivity index (χ0n) is 28.3. The Morgan fingerprint density at radius 2 is 0.863 bits per heavy atom. The number of nitrogens with zero attached hydrogens (tertiary/aromatic N) is 2. The Morgan fingerprint density at radius 3 is 1.65 bits per heavy atom. The molecule has 0 spiro atoms. The van der Waals surface area contributed by atoms with Crippen LogP contribution >= 0.6 is 0 Å². The van der Waals surface area contributed by atoms with E-state index in [9.17, 15) is 0 Å². The van der Waals surface area contributed by atoms with E-state index in [0.29, 0.717) is 0 Å². The van der Waals surface area contributed by atoms with Crippen LogP contribution in [0, 0.1) is 0 Å². The zero-order valence-corrected chi connectivity index (χ0v) is 28.3. The van der Waals surface area contributed by atoms with Crippen molar-refractivity contribution in [2.75, 3.05) is 16.8 Å². The van der Waals surface area contributed by atoms with Crippen molar-refractivity contribution in [3.05, 3.63) is 188 Å². The summed E-state index contributed by atoms with van der Waals surface area (Å²) in [5.74, 6) is 0. The predicted octanol–water partition coefficient (Wildman–Crippen LogP) is 13.8. The monoisotopic (exact) mass is 650 g/mol. The largest absolute Gasteiger partial charge is 0.344 e. The van der Waals surface area contributed by atoms with Crippen LogP contribution in [0.2, 0.25) is 0 Å². The molecule has 0 saturated carbocycles. The van der Waals surface area contributed by atoms with Crippen LogP contribution in [0.1, 0.15) is 0 Å². The molecule has 0 fully saturated rings. The first kappa shape index (κ1) is 29.3. The molecule has 240 valence electrons. The smallest absolute Gasteiger partial charge is 0.0488 e. The highest BCUT2D eigenvalue weighted by Crippen LogP contribution is 2.44. The molecule has 2 nitrogen and oxygen atoms in total. The highest BCUT2D eigenvalue weighted by molar-refractivity contribution is 6.34. The van der Waals surface area contributed by atoms with Crippen LogP contribution < -0.4 is 9.80 Å². The van der Waals surface area contributed by atoms with Crippen LogP contribution in [0.5, 0.6) is 0 Å². The quantitative estimate of drug-likeness (QED) is 0.131. The molecule has 10 aromatic rings. The number of anilines is 5. The Balaban J connectivity index is 1.08. The Hall–Kier alpha value is -6.64. The zero-order chi connectivity index (χ0) is 33.9. The van der Waals surface area contributed by atoms with E-state index in [2.05, 4.69) is 205 Å². The third-order valence-corrected chi connectivity index (χ3v) is 10.6. The molecule has 2 heteroatoms. The molecule has 0 atom stereocenters. The summed E-state index contributed by atoms with van der Waals surface area (Å²) in [6.07, 6.45) is 0. The van der Waals surface area contributed by atoms with E-state index in [1.165, 1.54) is 70.7 Å². The number of hydrogen-bond acceptors (Lipinski definition) is 2. The van der Waals surface area contributed by atoms with Gasteiger partial charge in [-0.2, -0.15) is 0 Å². The average Bonchev–Trinajstić information content (AvgIpc) is 3.20. The number of hydrogen-bond donors (Lipinski definition) is 0. The van der Waals surface area contributed by atoms with Crippen molar-refractivity contribution in [2.24, 2.45) is 0 Å². The van der Waals surface area contributed by atoms with E-state index in [4.69, 9.17) is 0 Å². The van der Waals surface area contributed by atoms with Crippen molar-refractivity contribution in [1.82, 2.24) is 0 Å². The average molecular weight is 651 g/mol. The van der Waals surface area contributed by atoms with Gasteiger partial charge in [0.2, 0.25) is 0 Å². The second-order valence-electron chi connectivity index (χ2n) is 13.4. The second kappa shape index (κ2) is 11.8. The van der Waals surface area contributed by atoms with Gasteiger partial charge in [0.1, 0.15) is 0 Å². The highest BCUT2D eigenvalue weighted by atomic mass is 15.1. The lowest BCUT2D eigenvalue weighted by Crippen LogP contribution is -2.12. The van der Waals surface area contributed by atoms with E-state index >= 15 is 0 Å². The fourth-order valence-corrected chi connectivity index (χ4v) is 8.11. The summed E-state index contributed by atoms with van der Waals surface area (Å²) in [6.45, 7) is 0. The molecule has 0 aliphatic heterocycles. The van der Waals surface area contributed by atoms with Gasteiger partial charge in [0, 0.05) is 40.9 Å². The molecular weight excluding hydrogens is 617 g/mol. The van der Waals surface area contributed by atoms with E-state index in [0.717, 1.165) is 22.7 Å². The fourth-order valence-electron chi connectivity index (χ4n) is 8.11. The van der Waals surface area contributed by atoms with E-state index in [1.54, 1.807) is 0 Å². The minimum Gasteiger partial charge on any atom is -0.344 e. The van der Waals surface area contributed by atoms with Gasteiger partial charge in [0.05, 0.1) is 0 Å². The molecular formula is C49H34N2. The van der Waals surface area contributed by atoms with Crippen molar-refractivity contribution in [3.63, 3.8) is 0 Å². The molecule has 10 rings (SSSR count). The van der Waals surface area contributed by atoms with Crippen molar-refractivity contribution >= 4 is 82.3 Å². The van der Waals surface area contributed by atoms with Crippen LogP contribution in [0.3, 0.4) is 0 Å². The first-order valence-electron chi connectivity index (χ1n) is 17.6. The van der Waals surface area contributed by atoms with Gasteiger partial charge < -0.3 is 9.80 Å². The Morgan fingerprint density at radius 1 is 0.314 bits per heavy atom. The molecule has 0 aliphatic carbocycles. The van der Waals surface area contributed by atoms with Gasteiger partial charge in [-0.15, -0.1) is 0 Å². The number of rotatable bonds is 6. The molecule has 0 amide bonds. The second-order valence-corrected chi connectivity index (χ2v) is 13.4. The third-order valence-electron chi connectivity index (χ3n) is 10.6. The highest BCUT2D eigenvalue weighted by Gasteiger charge is 2.18. The van der Waals surface area contributed by atoms with Gasteiger partial charge in [0.25, 0.3) is 0 Å². The molecule has 0 heterocycles. The van der Waals surface area contributed by atoms with Crippen LogP contribution in [0.25, 0.3) is 65.0 Å². The minimum atomic E-state index is 1.11. The first-order chi connectivity index (χ1) is 25.2. The van der Waals surface area contributed by atoms with Gasteiger partial charge >= 0.3 is 0 Å². The fraction of sp³-hybridized carbons (Fsp3) is 0.0204. The van der Waals surface area contributed by atoms with Gasteiger partial charge in [0.15, 0.2) is 0 Å². The molecule has 0 bridgehead atoms. The maximum absolute atomic E-state index is 2.36. The summed E-state index contributed by atoms with van der Waals surface area (Å²) >= 11 is 0. The minimum absolute atomic E-state index is 1.11. The van der Waals surface area contributed by atoms with E-state index in [-0.39, 0.29) is 0 Å². The van der Waals surface area contributed by atoms with Crippen molar-refractivity contribution in [3.8, 4) is 11.1 Å². The Labute approximate surface area is 297 Å². The van der Waals surface area contributed by atoms with E-state index < -0.39 is 0 Å². The maximum Gasteiger partial charge on any atom is 0.0488 e.